The first-order valence-corrected chi connectivity index (χ1v) is 11.6. The molecular weight excluding hydrogens is 470 g/mol. The van der Waals surface area contributed by atoms with Gasteiger partial charge in [0.25, 0.3) is 15.9 Å². The number of rotatable bonds is 8. The van der Waals surface area contributed by atoms with Gasteiger partial charge in [-0.1, -0.05) is 6.07 Å². The van der Waals surface area contributed by atoms with E-state index in [2.05, 4.69) is 15.1 Å². The van der Waals surface area contributed by atoms with Gasteiger partial charge in [-0.3, -0.25) is 9.52 Å². The number of aromatic nitrogens is 2. The fourth-order valence-corrected chi connectivity index (χ4v) is 3.96. The Morgan fingerprint density at radius 2 is 1.76 bits per heavy atom. The second-order valence-corrected chi connectivity index (χ2v) is 9.24. The zero-order chi connectivity index (χ0) is 25.0. The van der Waals surface area contributed by atoms with E-state index in [1.54, 1.807) is 10.7 Å². The van der Waals surface area contributed by atoms with Crippen molar-refractivity contribution >= 4 is 33.4 Å². The zero-order valence-electron chi connectivity index (χ0n) is 18.5. The molecule has 0 saturated carbocycles. The van der Waals surface area contributed by atoms with Crippen molar-refractivity contribution in [1.82, 2.24) is 9.78 Å². The molecule has 0 spiro atoms. The summed E-state index contributed by atoms with van der Waals surface area (Å²) in [4.78, 5) is 24.5. The Hall–Kier alpha value is -3.80. The molecular formula is C22H22F2N4O5S. The Morgan fingerprint density at radius 1 is 1.03 bits per heavy atom. The number of amides is 1. The van der Waals surface area contributed by atoms with E-state index in [-0.39, 0.29) is 17.3 Å². The van der Waals surface area contributed by atoms with Crippen molar-refractivity contribution in [3.05, 3.63) is 71.9 Å². The predicted octanol–water partition coefficient (Wildman–Crippen LogP) is 3.73. The number of halogens is 2. The number of carbonyl (C=O) groups is 2. The molecule has 0 aliphatic carbocycles. The molecule has 0 fully saturated rings. The Bertz CT molecular complexity index is 1320. The Balaban J connectivity index is 1.68. The van der Waals surface area contributed by atoms with Gasteiger partial charge in [-0.25, -0.2) is 26.7 Å². The molecule has 1 atom stereocenters. The molecule has 2 aromatic carbocycles. The highest BCUT2D eigenvalue weighted by Gasteiger charge is 2.22. The average molecular weight is 493 g/mol. The van der Waals surface area contributed by atoms with E-state index in [1.807, 2.05) is 13.8 Å². The first kappa shape index (κ1) is 24.8. The molecule has 0 bridgehead atoms. The van der Waals surface area contributed by atoms with Crippen LogP contribution < -0.4 is 10.0 Å². The lowest BCUT2D eigenvalue weighted by Crippen LogP contribution is -2.31. The molecule has 1 unspecified atom stereocenters. The van der Waals surface area contributed by atoms with Crippen LogP contribution in [0.15, 0.2) is 59.6 Å². The van der Waals surface area contributed by atoms with Gasteiger partial charge in [0.05, 0.1) is 16.7 Å². The number of hydrogen-bond acceptors (Lipinski definition) is 6. The van der Waals surface area contributed by atoms with Crippen LogP contribution in [-0.4, -0.2) is 36.2 Å². The van der Waals surface area contributed by atoms with Crippen LogP contribution in [0, 0.1) is 11.6 Å². The van der Waals surface area contributed by atoms with Gasteiger partial charge in [0.1, 0.15) is 5.82 Å². The fourth-order valence-electron chi connectivity index (χ4n) is 2.90. The second-order valence-electron chi connectivity index (χ2n) is 7.55. The highest BCUT2D eigenvalue weighted by atomic mass is 32.2. The Kier molecular flexibility index (Phi) is 7.30. The molecule has 1 aromatic heterocycles. The van der Waals surface area contributed by atoms with E-state index < -0.39 is 44.5 Å². The molecule has 2 N–H and O–H groups in total. The Morgan fingerprint density at radius 3 is 2.44 bits per heavy atom. The van der Waals surface area contributed by atoms with E-state index in [0.717, 1.165) is 6.07 Å². The van der Waals surface area contributed by atoms with Gasteiger partial charge in [-0.05, 0) is 57.2 Å². The summed E-state index contributed by atoms with van der Waals surface area (Å²) in [5.74, 6) is -3.50. The molecule has 180 valence electrons. The first-order valence-electron chi connectivity index (χ1n) is 10.1. The number of benzene rings is 2. The summed E-state index contributed by atoms with van der Waals surface area (Å²) in [6, 6.07) is 9.07. The summed E-state index contributed by atoms with van der Waals surface area (Å²) < 4.78 is 60.4. The topological polar surface area (TPSA) is 119 Å². The van der Waals surface area contributed by atoms with Gasteiger partial charge in [0.15, 0.2) is 17.7 Å². The third-order valence-electron chi connectivity index (χ3n) is 4.62. The van der Waals surface area contributed by atoms with Crippen LogP contribution in [0.5, 0.6) is 0 Å². The maximum atomic E-state index is 13.4. The molecule has 9 nitrogen and oxygen atoms in total. The second kappa shape index (κ2) is 10.00. The summed E-state index contributed by atoms with van der Waals surface area (Å²) >= 11 is 0. The normalized spacial score (nSPS) is 12.3. The molecule has 1 amide bonds. The van der Waals surface area contributed by atoms with Crippen LogP contribution in [0.2, 0.25) is 0 Å². The monoisotopic (exact) mass is 492 g/mol. The summed E-state index contributed by atoms with van der Waals surface area (Å²) in [6.07, 6.45) is 0.365. The number of nitrogens with one attached hydrogen (secondary N) is 2. The van der Waals surface area contributed by atoms with Crippen LogP contribution in [0.4, 0.5) is 20.3 Å². The largest absolute Gasteiger partial charge is 0.449 e. The van der Waals surface area contributed by atoms with Crippen molar-refractivity contribution in [2.75, 3.05) is 10.0 Å². The third-order valence-corrected chi connectivity index (χ3v) is 5.99. The molecule has 3 aromatic rings. The summed E-state index contributed by atoms with van der Waals surface area (Å²) in [5, 5.41) is 6.74. The molecule has 3 rings (SSSR count). The van der Waals surface area contributed by atoms with Crippen molar-refractivity contribution in [1.29, 1.82) is 0 Å². The standard InChI is InChI=1S/C22H22F2N4O5S/c1-13(2)28-20(9-10-25-28)26-21(29)14(3)33-22(30)15-5-4-6-16(11-15)27-34(31,32)17-7-8-18(23)19(24)12-17/h4-14,27H,1-3H3,(H,26,29). The minimum absolute atomic E-state index is 0.000997. The fraction of sp³-hybridized carbons (Fsp3) is 0.227. The number of hydrogen-bond donors (Lipinski definition) is 2. The van der Waals surface area contributed by atoms with Gasteiger partial charge in [-0.2, -0.15) is 5.10 Å². The first-order chi connectivity index (χ1) is 16.0. The van der Waals surface area contributed by atoms with Crippen LogP contribution in [0.1, 0.15) is 37.2 Å². The number of esters is 1. The maximum absolute atomic E-state index is 13.4. The summed E-state index contributed by atoms with van der Waals surface area (Å²) in [6.45, 7) is 5.17. The van der Waals surface area contributed by atoms with Gasteiger partial charge in [-0.15, -0.1) is 0 Å². The SMILES string of the molecule is CC(OC(=O)c1cccc(NS(=O)(=O)c2ccc(F)c(F)c2)c1)C(=O)Nc1ccnn1C(C)C. The van der Waals surface area contributed by atoms with Gasteiger partial charge in [0.2, 0.25) is 0 Å². The lowest BCUT2D eigenvalue weighted by Gasteiger charge is -2.16. The summed E-state index contributed by atoms with van der Waals surface area (Å²) in [5.41, 5.74) is -0.0468. The highest BCUT2D eigenvalue weighted by molar-refractivity contribution is 7.92. The number of nitrogens with zero attached hydrogens (tertiary/aromatic N) is 2. The quantitative estimate of drug-likeness (QED) is 0.463. The highest BCUT2D eigenvalue weighted by Crippen LogP contribution is 2.20. The van der Waals surface area contributed by atoms with Crippen LogP contribution in [0.3, 0.4) is 0 Å². The molecule has 34 heavy (non-hydrogen) atoms. The molecule has 0 saturated heterocycles. The number of sulfonamides is 1. The van der Waals surface area contributed by atoms with E-state index in [0.29, 0.717) is 18.0 Å². The molecule has 12 heteroatoms. The smallest absolute Gasteiger partial charge is 0.338 e. The van der Waals surface area contributed by atoms with Gasteiger partial charge in [0, 0.05) is 17.8 Å². The molecule has 0 aliphatic rings. The number of anilines is 2. The van der Waals surface area contributed by atoms with Crippen molar-refractivity contribution in [3.63, 3.8) is 0 Å². The maximum Gasteiger partial charge on any atom is 0.338 e. The van der Waals surface area contributed by atoms with Crippen molar-refractivity contribution < 1.29 is 31.5 Å². The molecule has 1 heterocycles. The van der Waals surface area contributed by atoms with E-state index >= 15 is 0 Å². The van der Waals surface area contributed by atoms with E-state index in [9.17, 15) is 26.8 Å². The predicted molar refractivity (Wildman–Crippen MR) is 120 cm³/mol. The van der Waals surface area contributed by atoms with Crippen LogP contribution in [0.25, 0.3) is 0 Å². The van der Waals surface area contributed by atoms with Crippen LogP contribution in [-0.2, 0) is 19.6 Å². The lowest BCUT2D eigenvalue weighted by atomic mass is 10.2. The number of carbonyl (C=O) groups excluding carboxylic acids is 2. The number of ether oxygens (including phenoxy) is 1. The van der Waals surface area contributed by atoms with Crippen LogP contribution >= 0.6 is 0 Å². The minimum Gasteiger partial charge on any atom is -0.449 e. The van der Waals surface area contributed by atoms with Crippen molar-refractivity contribution in [3.8, 4) is 0 Å². The van der Waals surface area contributed by atoms with Gasteiger partial charge < -0.3 is 10.1 Å². The van der Waals surface area contributed by atoms with Crippen molar-refractivity contribution in [2.24, 2.45) is 0 Å². The minimum atomic E-state index is -4.25. The lowest BCUT2D eigenvalue weighted by molar-refractivity contribution is -0.123. The van der Waals surface area contributed by atoms with Crippen molar-refractivity contribution in [2.45, 2.75) is 37.8 Å². The van der Waals surface area contributed by atoms with E-state index in [4.69, 9.17) is 4.74 Å². The zero-order valence-corrected chi connectivity index (χ0v) is 19.3. The summed E-state index contributed by atoms with van der Waals surface area (Å²) in [7, 11) is -4.25. The average Bonchev–Trinajstić information content (AvgIpc) is 3.23. The van der Waals surface area contributed by atoms with Gasteiger partial charge >= 0.3 is 5.97 Å². The van der Waals surface area contributed by atoms with E-state index in [1.165, 1.54) is 37.4 Å². The molecule has 0 radical (unpaired) electrons. The molecule has 0 aliphatic heterocycles. The third kappa shape index (κ3) is 5.76. The Labute approximate surface area is 194 Å².